The first kappa shape index (κ1) is 21.0. The Morgan fingerprint density at radius 1 is 1.37 bits per heavy atom. The smallest absolute Gasteiger partial charge is 0.205 e. The number of likely N-dealkylation sites (N-methyl/N-ethyl adjacent to an activating group) is 1. The van der Waals surface area contributed by atoms with E-state index in [1.165, 1.54) is 17.7 Å². The lowest BCUT2D eigenvalue weighted by molar-refractivity contribution is 0.227. The highest BCUT2D eigenvalue weighted by atomic mass is 35.5. The number of pyridine rings is 1. The van der Waals surface area contributed by atoms with Gasteiger partial charge in [0.2, 0.25) is 5.75 Å². The van der Waals surface area contributed by atoms with Gasteiger partial charge in [0.15, 0.2) is 11.4 Å². The average molecular weight is 450 g/mol. The normalized spacial score (nSPS) is 16.0. The quantitative estimate of drug-likeness (QED) is 0.476. The number of nitrogens with zero attached hydrogens (tertiary/aromatic N) is 2. The van der Waals surface area contributed by atoms with Crippen LogP contribution >= 0.6 is 23.2 Å². The van der Waals surface area contributed by atoms with Crippen LogP contribution in [0.3, 0.4) is 0 Å². The predicted octanol–water partition coefficient (Wildman–Crippen LogP) is 6.10. The number of halogens is 3. The van der Waals surface area contributed by atoms with E-state index in [0.29, 0.717) is 16.2 Å². The molecule has 8 heteroatoms. The molecule has 1 aliphatic rings. The Kier molecular flexibility index (Phi) is 5.91. The molecule has 0 saturated carbocycles. The molecule has 4 rings (SSSR count). The Morgan fingerprint density at radius 2 is 2.17 bits per heavy atom. The molecule has 1 atom stereocenters. The van der Waals surface area contributed by atoms with E-state index in [1.807, 2.05) is 0 Å². The van der Waals surface area contributed by atoms with Crippen molar-refractivity contribution >= 4 is 45.6 Å². The van der Waals surface area contributed by atoms with E-state index in [1.54, 1.807) is 19.4 Å². The standard InChI is InChI=1S/C22H22Cl2FN3O2/c1-3-28-8-6-13(7-9-28)15-11-29-20-14(15)10-27-22(26)21(20)30-12(2)18-16(23)4-5-17(25)19(18)24/h4-6,10-12H,3,7-9H2,1-2H3,(H2,26,27)/t12-/m1/s1. The maximum Gasteiger partial charge on any atom is 0.205 e. The van der Waals surface area contributed by atoms with Crippen LogP contribution in [0.4, 0.5) is 10.2 Å². The van der Waals surface area contributed by atoms with Gasteiger partial charge >= 0.3 is 0 Å². The highest BCUT2D eigenvalue weighted by molar-refractivity contribution is 6.36. The monoisotopic (exact) mass is 449 g/mol. The number of fused-ring (bicyclic) bond motifs is 1. The molecular formula is C22H22Cl2FN3O2. The van der Waals surface area contributed by atoms with Crippen molar-refractivity contribution in [2.45, 2.75) is 26.4 Å². The molecule has 0 spiro atoms. The Balaban J connectivity index is 1.71. The molecule has 30 heavy (non-hydrogen) atoms. The van der Waals surface area contributed by atoms with Crippen molar-refractivity contribution < 1.29 is 13.5 Å². The summed E-state index contributed by atoms with van der Waals surface area (Å²) in [5, 5.41) is 1.04. The summed E-state index contributed by atoms with van der Waals surface area (Å²) >= 11 is 12.4. The van der Waals surface area contributed by atoms with Gasteiger partial charge in [-0.15, -0.1) is 0 Å². The topological polar surface area (TPSA) is 64.5 Å². The molecule has 3 aromatic rings. The summed E-state index contributed by atoms with van der Waals surface area (Å²) in [4.78, 5) is 6.66. The summed E-state index contributed by atoms with van der Waals surface area (Å²) in [5.41, 5.74) is 9.11. The van der Waals surface area contributed by atoms with Crippen LogP contribution in [0.15, 0.2) is 35.1 Å². The minimum Gasteiger partial charge on any atom is -0.478 e. The predicted molar refractivity (Wildman–Crippen MR) is 119 cm³/mol. The molecule has 0 unspecified atom stereocenters. The van der Waals surface area contributed by atoms with Gasteiger partial charge in [0.25, 0.3) is 0 Å². The molecule has 1 aliphatic heterocycles. The summed E-state index contributed by atoms with van der Waals surface area (Å²) in [6, 6.07) is 2.66. The fraction of sp³-hybridized carbons (Fsp3) is 0.318. The van der Waals surface area contributed by atoms with Gasteiger partial charge in [0.1, 0.15) is 11.9 Å². The number of hydrogen-bond donors (Lipinski definition) is 1. The van der Waals surface area contributed by atoms with Crippen LogP contribution in [0.25, 0.3) is 16.5 Å². The second kappa shape index (κ2) is 8.46. The van der Waals surface area contributed by atoms with E-state index in [9.17, 15) is 4.39 Å². The maximum atomic E-state index is 13.9. The third-order valence-corrected chi connectivity index (χ3v) is 6.18. The largest absolute Gasteiger partial charge is 0.478 e. The zero-order valence-corrected chi connectivity index (χ0v) is 18.2. The van der Waals surface area contributed by atoms with Gasteiger partial charge in [-0.25, -0.2) is 9.37 Å². The molecule has 158 valence electrons. The van der Waals surface area contributed by atoms with Gasteiger partial charge < -0.3 is 14.9 Å². The molecule has 3 heterocycles. The molecule has 2 N–H and O–H groups in total. The number of anilines is 1. The second-order valence-electron chi connectivity index (χ2n) is 7.25. The van der Waals surface area contributed by atoms with Crippen LogP contribution < -0.4 is 10.5 Å². The van der Waals surface area contributed by atoms with Crippen molar-refractivity contribution in [3.05, 3.63) is 57.7 Å². The summed E-state index contributed by atoms with van der Waals surface area (Å²) < 4.78 is 25.8. The fourth-order valence-electron chi connectivity index (χ4n) is 3.74. The third-order valence-electron chi connectivity index (χ3n) is 5.47. The Morgan fingerprint density at radius 3 is 2.87 bits per heavy atom. The molecule has 0 saturated heterocycles. The lowest BCUT2D eigenvalue weighted by Crippen LogP contribution is -2.27. The van der Waals surface area contributed by atoms with Crippen molar-refractivity contribution in [2.75, 3.05) is 25.4 Å². The van der Waals surface area contributed by atoms with Gasteiger partial charge in [0, 0.05) is 35.4 Å². The number of hydrogen-bond acceptors (Lipinski definition) is 5. The van der Waals surface area contributed by atoms with Crippen LogP contribution in [-0.4, -0.2) is 29.5 Å². The highest BCUT2D eigenvalue weighted by Gasteiger charge is 2.24. The molecule has 1 aromatic carbocycles. The number of benzene rings is 1. The number of nitrogens with two attached hydrogens (primary N) is 1. The SMILES string of the molecule is CCN1CC=C(c2coc3c(O[C@H](C)c4c(Cl)ccc(F)c4Cl)c(N)ncc23)CC1. The average Bonchev–Trinajstić information content (AvgIpc) is 3.17. The third kappa shape index (κ3) is 3.75. The molecule has 0 aliphatic carbocycles. The molecule has 0 amide bonds. The van der Waals surface area contributed by atoms with Crippen LogP contribution in [0.5, 0.6) is 5.75 Å². The Bertz CT molecular complexity index is 1130. The molecule has 0 fully saturated rings. The molecule has 0 bridgehead atoms. The first-order valence-corrected chi connectivity index (χ1v) is 10.5. The maximum absolute atomic E-state index is 13.9. The van der Waals surface area contributed by atoms with E-state index in [2.05, 4.69) is 22.9 Å². The minimum absolute atomic E-state index is 0.0818. The lowest BCUT2D eigenvalue weighted by atomic mass is 9.99. The highest BCUT2D eigenvalue weighted by Crippen LogP contribution is 2.41. The van der Waals surface area contributed by atoms with Crippen molar-refractivity contribution in [1.82, 2.24) is 9.88 Å². The van der Waals surface area contributed by atoms with Gasteiger partial charge in [-0.3, -0.25) is 4.90 Å². The summed E-state index contributed by atoms with van der Waals surface area (Å²) in [7, 11) is 0. The van der Waals surface area contributed by atoms with Crippen molar-refractivity contribution in [1.29, 1.82) is 0 Å². The van der Waals surface area contributed by atoms with Crippen molar-refractivity contribution in [2.24, 2.45) is 0 Å². The van der Waals surface area contributed by atoms with Crippen molar-refractivity contribution in [3.8, 4) is 5.75 Å². The van der Waals surface area contributed by atoms with Crippen LogP contribution in [-0.2, 0) is 0 Å². The summed E-state index contributed by atoms with van der Waals surface area (Å²) in [6.45, 7) is 6.79. The first-order valence-electron chi connectivity index (χ1n) is 9.78. The Labute approximate surface area is 184 Å². The van der Waals surface area contributed by atoms with Crippen LogP contribution in [0, 0.1) is 5.82 Å². The van der Waals surface area contributed by atoms with E-state index < -0.39 is 11.9 Å². The number of nitrogen functional groups attached to an aromatic ring is 1. The second-order valence-corrected chi connectivity index (χ2v) is 8.04. The molecule has 2 aromatic heterocycles. The summed E-state index contributed by atoms with van der Waals surface area (Å²) in [6.07, 6.45) is 5.86. The van der Waals surface area contributed by atoms with Crippen molar-refractivity contribution in [3.63, 3.8) is 0 Å². The van der Waals surface area contributed by atoms with Crippen LogP contribution in [0.1, 0.15) is 37.5 Å². The number of furan rings is 1. The van der Waals surface area contributed by atoms with Gasteiger partial charge in [-0.2, -0.15) is 0 Å². The lowest BCUT2D eigenvalue weighted by Gasteiger charge is -2.24. The van der Waals surface area contributed by atoms with E-state index in [4.69, 9.17) is 38.1 Å². The van der Waals surface area contributed by atoms with Gasteiger partial charge in [-0.05, 0) is 37.6 Å². The zero-order chi connectivity index (χ0) is 21.4. The van der Waals surface area contributed by atoms with Crippen LogP contribution in [0.2, 0.25) is 10.0 Å². The number of ether oxygens (including phenoxy) is 1. The molecular weight excluding hydrogens is 428 g/mol. The number of aromatic nitrogens is 1. The van der Waals surface area contributed by atoms with E-state index in [0.717, 1.165) is 37.0 Å². The van der Waals surface area contributed by atoms with E-state index in [-0.39, 0.29) is 16.6 Å². The number of rotatable bonds is 5. The first-order chi connectivity index (χ1) is 14.4. The zero-order valence-electron chi connectivity index (χ0n) is 16.7. The molecule has 5 nitrogen and oxygen atoms in total. The molecule has 0 radical (unpaired) electrons. The fourth-order valence-corrected chi connectivity index (χ4v) is 4.41. The van der Waals surface area contributed by atoms with Gasteiger partial charge in [0.05, 0.1) is 16.7 Å². The Hall–Kier alpha value is -2.28. The minimum atomic E-state index is -0.670. The van der Waals surface area contributed by atoms with Gasteiger partial charge in [-0.1, -0.05) is 36.2 Å². The van der Waals surface area contributed by atoms with E-state index >= 15 is 0 Å². The summed E-state index contributed by atoms with van der Waals surface area (Å²) in [5.74, 6) is -0.107.